The highest BCUT2D eigenvalue weighted by Crippen LogP contribution is 2.34. The molecule has 170 valence electrons. The first kappa shape index (κ1) is 21.6. The average Bonchev–Trinajstić information content (AvgIpc) is 3.19. The highest BCUT2D eigenvalue weighted by molar-refractivity contribution is 6.02. The van der Waals surface area contributed by atoms with Crippen LogP contribution in [0.4, 0.5) is 5.69 Å². The lowest BCUT2D eigenvalue weighted by Gasteiger charge is -2.27. The maximum absolute atomic E-state index is 13.7. The van der Waals surface area contributed by atoms with Gasteiger partial charge in [-0.25, -0.2) is 4.79 Å². The van der Waals surface area contributed by atoms with Gasteiger partial charge in [-0.2, -0.15) is 0 Å². The molecule has 0 spiro atoms. The SMILES string of the molecule is Cc1noc(=O)c2ccc(NC(=O)C(O)(Cc3ccccc3)c3cn(C)c4ccccc34)cc12. The molecule has 0 radical (unpaired) electrons. The molecule has 2 aromatic heterocycles. The van der Waals surface area contributed by atoms with Gasteiger partial charge in [0.2, 0.25) is 0 Å². The van der Waals surface area contributed by atoms with Crippen LogP contribution in [0, 0.1) is 6.92 Å². The number of benzene rings is 3. The van der Waals surface area contributed by atoms with E-state index in [1.165, 1.54) is 0 Å². The van der Waals surface area contributed by atoms with Gasteiger partial charge in [-0.1, -0.05) is 53.7 Å². The van der Waals surface area contributed by atoms with Crippen molar-refractivity contribution in [3.63, 3.8) is 0 Å². The topological polar surface area (TPSA) is 97.4 Å². The Bertz CT molecular complexity index is 1590. The normalized spacial score (nSPS) is 13.1. The molecular formula is C27H23N3O4. The minimum Gasteiger partial charge on any atom is -0.375 e. The number of carbonyl (C=O) groups is 1. The van der Waals surface area contributed by atoms with Crippen molar-refractivity contribution in [2.24, 2.45) is 7.05 Å². The number of rotatable bonds is 5. The molecule has 5 rings (SSSR count). The van der Waals surface area contributed by atoms with E-state index in [4.69, 9.17) is 4.52 Å². The molecule has 0 saturated heterocycles. The number of fused-ring (bicyclic) bond motifs is 2. The molecule has 2 N–H and O–H groups in total. The van der Waals surface area contributed by atoms with Crippen molar-refractivity contribution in [2.75, 3.05) is 5.32 Å². The third kappa shape index (κ3) is 3.66. The Morgan fingerprint density at radius 3 is 2.56 bits per heavy atom. The van der Waals surface area contributed by atoms with E-state index in [2.05, 4.69) is 10.5 Å². The number of aromatic nitrogens is 2. The summed E-state index contributed by atoms with van der Waals surface area (Å²) in [7, 11) is 1.89. The minimum absolute atomic E-state index is 0.0887. The largest absolute Gasteiger partial charge is 0.375 e. The van der Waals surface area contributed by atoms with E-state index < -0.39 is 17.1 Å². The predicted molar refractivity (Wildman–Crippen MR) is 131 cm³/mol. The van der Waals surface area contributed by atoms with Crippen LogP contribution in [0.1, 0.15) is 16.8 Å². The lowest BCUT2D eigenvalue weighted by molar-refractivity contribution is -0.134. The molecule has 0 fully saturated rings. The molecule has 5 aromatic rings. The molecule has 0 saturated carbocycles. The second kappa shape index (κ2) is 8.28. The van der Waals surface area contributed by atoms with Gasteiger partial charge in [0.05, 0.1) is 11.1 Å². The molecule has 1 unspecified atom stereocenters. The van der Waals surface area contributed by atoms with Gasteiger partial charge in [0, 0.05) is 47.2 Å². The molecule has 34 heavy (non-hydrogen) atoms. The van der Waals surface area contributed by atoms with E-state index in [9.17, 15) is 14.7 Å². The van der Waals surface area contributed by atoms with Crippen LogP contribution in [-0.4, -0.2) is 20.7 Å². The van der Waals surface area contributed by atoms with Crippen molar-refractivity contribution in [1.82, 2.24) is 9.72 Å². The Balaban J connectivity index is 1.60. The van der Waals surface area contributed by atoms with Crippen molar-refractivity contribution in [3.05, 3.63) is 106 Å². The molecule has 7 heteroatoms. The summed E-state index contributed by atoms with van der Waals surface area (Å²) in [5.41, 5.74) is 0.834. The number of hydrogen-bond donors (Lipinski definition) is 2. The van der Waals surface area contributed by atoms with Crippen LogP contribution in [0.2, 0.25) is 0 Å². The van der Waals surface area contributed by atoms with Crippen molar-refractivity contribution in [2.45, 2.75) is 18.9 Å². The number of aryl methyl sites for hydroxylation is 2. The van der Waals surface area contributed by atoms with E-state index >= 15 is 0 Å². The van der Waals surface area contributed by atoms with Gasteiger partial charge in [0.15, 0.2) is 5.60 Å². The Hall–Kier alpha value is -4.23. The highest BCUT2D eigenvalue weighted by Gasteiger charge is 2.40. The third-order valence-electron chi connectivity index (χ3n) is 6.17. The molecular weight excluding hydrogens is 430 g/mol. The lowest BCUT2D eigenvalue weighted by Crippen LogP contribution is -2.42. The van der Waals surface area contributed by atoms with Crippen molar-refractivity contribution >= 4 is 33.3 Å². The minimum atomic E-state index is -1.85. The Kier molecular flexibility index (Phi) is 5.26. The standard InChI is InChI=1S/C27H23N3O4/c1-17-22-14-19(12-13-20(22)25(31)34-29-17)28-26(32)27(33,15-18-8-4-3-5-9-18)23-16-30(2)24-11-7-6-10-21(23)24/h3-14,16,33H,15H2,1-2H3,(H,28,32). The fraction of sp³-hybridized carbons (Fsp3) is 0.148. The second-order valence-corrected chi connectivity index (χ2v) is 8.46. The summed E-state index contributed by atoms with van der Waals surface area (Å²) in [4.78, 5) is 25.7. The number of carbonyl (C=O) groups excluding carboxylic acids is 1. The summed E-state index contributed by atoms with van der Waals surface area (Å²) < 4.78 is 6.68. The van der Waals surface area contributed by atoms with Gasteiger partial charge in [0.1, 0.15) is 0 Å². The van der Waals surface area contributed by atoms with Crippen LogP contribution in [0.15, 0.2) is 88.3 Å². The summed E-state index contributed by atoms with van der Waals surface area (Å²) >= 11 is 0. The molecule has 1 atom stereocenters. The molecule has 0 aliphatic carbocycles. The number of amides is 1. The van der Waals surface area contributed by atoms with Crippen LogP contribution in [0.3, 0.4) is 0 Å². The first-order chi connectivity index (χ1) is 16.4. The number of aliphatic hydroxyl groups is 1. The van der Waals surface area contributed by atoms with Gasteiger partial charge < -0.3 is 19.5 Å². The van der Waals surface area contributed by atoms with Crippen molar-refractivity contribution < 1.29 is 14.4 Å². The summed E-state index contributed by atoms with van der Waals surface area (Å²) in [5, 5.41) is 20.4. The quantitative estimate of drug-likeness (QED) is 0.418. The second-order valence-electron chi connectivity index (χ2n) is 8.46. The smallest absolute Gasteiger partial charge is 0.366 e. The molecule has 7 nitrogen and oxygen atoms in total. The summed E-state index contributed by atoms with van der Waals surface area (Å²) in [6, 6.07) is 21.9. The van der Waals surface area contributed by atoms with Crippen LogP contribution >= 0.6 is 0 Å². The lowest BCUT2D eigenvalue weighted by atomic mass is 9.86. The van der Waals surface area contributed by atoms with Crippen LogP contribution < -0.4 is 10.9 Å². The Morgan fingerprint density at radius 1 is 1.03 bits per heavy atom. The number of hydrogen-bond acceptors (Lipinski definition) is 5. The van der Waals surface area contributed by atoms with E-state index in [0.717, 1.165) is 16.5 Å². The van der Waals surface area contributed by atoms with Gasteiger partial charge in [0.25, 0.3) is 5.91 Å². The fourth-order valence-electron chi connectivity index (χ4n) is 4.40. The Morgan fingerprint density at radius 2 is 1.76 bits per heavy atom. The van der Waals surface area contributed by atoms with Crippen molar-refractivity contribution in [1.29, 1.82) is 0 Å². The van der Waals surface area contributed by atoms with E-state index in [0.29, 0.717) is 27.7 Å². The maximum Gasteiger partial charge on any atom is 0.366 e. The average molecular weight is 453 g/mol. The van der Waals surface area contributed by atoms with Crippen LogP contribution in [-0.2, 0) is 23.9 Å². The van der Waals surface area contributed by atoms with Crippen LogP contribution in [0.25, 0.3) is 21.7 Å². The molecule has 0 bridgehead atoms. The number of anilines is 1. The maximum atomic E-state index is 13.7. The Labute approximate surface area is 195 Å². The molecule has 3 aromatic carbocycles. The number of nitrogens with zero attached hydrogens (tertiary/aromatic N) is 2. The predicted octanol–water partition coefficient (Wildman–Crippen LogP) is 4.06. The zero-order valence-electron chi connectivity index (χ0n) is 18.8. The highest BCUT2D eigenvalue weighted by atomic mass is 16.5. The molecule has 2 heterocycles. The van der Waals surface area contributed by atoms with E-state index in [1.807, 2.05) is 66.2 Å². The summed E-state index contributed by atoms with van der Waals surface area (Å²) in [5.74, 6) is -0.569. The van der Waals surface area contributed by atoms with Gasteiger partial charge in [-0.15, -0.1) is 0 Å². The molecule has 0 aliphatic heterocycles. The van der Waals surface area contributed by atoms with Crippen LogP contribution in [0.5, 0.6) is 0 Å². The van der Waals surface area contributed by atoms with Gasteiger partial charge >= 0.3 is 5.63 Å². The van der Waals surface area contributed by atoms with Gasteiger partial charge in [-0.3, -0.25) is 4.79 Å². The van der Waals surface area contributed by atoms with E-state index in [1.54, 1.807) is 31.3 Å². The molecule has 1 amide bonds. The number of para-hydroxylation sites is 1. The monoisotopic (exact) mass is 453 g/mol. The van der Waals surface area contributed by atoms with Crippen molar-refractivity contribution in [3.8, 4) is 0 Å². The van der Waals surface area contributed by atoms with E-state index in [-0.39, 0.29) is 6.42 Å². The number of nitrogens with one attached hydrogen (secondary N) is 1. The third-order valence-corrected chi connectivity index (χ3v) is 6.17. The van der Waals surface area contributed by atoms with Gasteiger partial charge in [-0.05, 0) is 36.8 Å². The molecule has 0 aliphatic rings. The first-order valence-corrected chi connectivity index (χ1v) is 10.9. The zero-order chi connectivity index (χ0) is 23.9. The zero-order valence-corrected chi connectivity index (χ0v) is 18.8. The fourth-order valence-corrected chi connectivity index (χ4v) is 4.40. The first-order valence-electron chi connectivity index (χ1n) is 10.9. The summed E-state index contributed by atoms with van der Waals surface area (Å²) in [6.45, 7) is 1.72. The summed E-state index contributed by atoms with van der Waals surface area (Å²) in [6.07, 6.45) is 1.89.